The van der Waals surface area contributed by atoms with E-state index < -0.39 is 0 Å². The van der Waals surface area contributed by atoms with Gasteiger partial charge in [0.15, 0.2) is 5.82 Å². The predicted octanol–water partition coefficient (Wildman–Crippen LogP) is 5.15. The first kappa shape index (κ1) is 18.6. The molecule has 0 atom stereocenters. The lowest BCUT2D eigenvalue weighted by molar-refractivity contribution is 0.102. The van der Waals surface area contributed by atoms with Gasteiger partial charge in [0.2, 0.25) is 0 Å². The zero-order valence-electron chi connectivity index (χ0n) is 13.7. The number of amides is 1. The Morgan fingerprint density at radius 1 is 1.08 bits per heavy atom. The number of hydrogen-bond acceptors (Lipinski definition) is 3. The first-order chi connectivity index (χ1) is 12.5. The van der Waals surface area contributed by atoms with Crippen LogP contribution in [0, 0.1) is 0 Å². The number of methoxy groups -OCH3 is 1. The molecule has 1 amide bonds. The molecule has 0 aliphatic heterocycles. The van der Waals surface area contributed by atoms with Gasteiger partial charge in [-0.2, -0.15) is 5.10 Å². The van der Waals surface area contributed by atoms with Gasteiger partial charge in [-0.25, -0.2) is 0 Å². The SMILES string of the molecule is COc1ccccc1C(=O)Nc1nn(Cc2c(Cl)cccc2Cl)cc1Cl. The average molecular weight is 411 g/mol. The Morgan fingerprint density at radius 2 is 1.77 bits per heavy atom. The number of anilines is 1. The Bertz CT molecular complexity index is 936. The molecule has 3 aromatic rings. The maximum atomic E-state index is 12.5. The minimum Gasteiger partial charge on any atom is -0.496 e. The van der Waals surface area contributed by atoms with Gasteiger partial charge < -0.3 is 10.1 Å². The van der Waals surface area contributed by atoms with Gasteiger partial charge in [0.25, 0.3) is 5.91 Å². The van der Waals surface area contributed by atoms with Gasteiger partial charge in [-0.3, -0.25) is 9.48 Å². The topological polar surface area (TPSA) is 56.1 Å². The quantitative estimate of drug-likeness (QED) is 0.632. The molecule has 5 nitrogen and oxygen atoms in total. The Morgan fingerprint density at radius 3 is 2.46 bits per heavy atom. The normalized spacial score (nSPS) is 10.6. The second-order valence-corrected chi connectivity index (χ2v) is 6.60. The van der Waals surface area contributed by atoms with Crippen LogP contribution < -0.4 is 10.1 Å². The van der Waals surface area contributed by atoms with Crippen LogP contribution in [0.4, 0.5) is 5.82 Å². The first-order valence-corrected chi connectivity index (χ1v) is 8.73. The molecule has 0 fully saturated rings. The molecular formula is C18H14Cl3N3O2. The third-order valence-corrected chi connectivity index (χ3v) is 4.67. The molecule has 0 bridgehead atoms. The molecule has 0 saturated carbocycles. The van der Waals surface area contributed by atoms with Crippen molar-refractivity contribution >= 4 is 46.5 Å². The van der Waals surface area contributed by atoms with Crippen LogP contribution in [0.1, 0.15) is 15.9 Å². The van der Waals surface area contributed by atoms with Crippen molar-refractivity contribution in [1.82, 2.24) is 9.78 Å². The standard InChI is InChI=1S/C18H14Cl3N3O2/c1-26-16-8-3-2-5-11(16)18(25)22-17-15(21)10-24(23-17)9-12-13(19)6-4-7-14(12)20/h2-8,10H,9H2,1H3,(H,22,23,25). The fraction of sp³-hybridized carbons (Fsp3) is 0.111. The van der Waals surface area contributed by atoms with Gasteiger partial charge in [0, 0.05) is 21.8 Å². The number of ether oxygens (including phenoxy) is 1. The average Bonchev–Trinajstić information content (AvgIpc) is 2.97. The molecule has 3 rings (SSSR count). The molecule has 26 heavy (non-hydrogen) atoms. The third-order valence-electron chi connectivity index (χ3n) is 3.68. The fourth-order valence-corrected chi connectivity index (χ4v) is 3.13. The minimum atomic E-state index is -0.370. The van der Waals surface area contributed by atoms with E-state index in [2.05, 4.69) is 10.4 Å². The van der Waals surface area contributed by atoms with Gasteiger partial charge in [-0.05, 0) is 24.3 Å². The molecule has 0 radical (unpaired) electrons. The van der Waals surface area contributed by atoms with Crippen LogP contribution >= 0.6 is 34.8 Å². The van der Waals surface area contributed by atoms with Crippen molar-refractivity contribution in [2.75, 3.05) is 12.4 Å². The van der Waals surface area contributed by atoms with Crippen molar-refractivity contribution in [1.29, 1.82) is 0 Å². The highest BCUT2D eigenvalue weighted by Gasteiger charge is 2.16. The molecule has 0 unspecified atom stereocenters. The molecule has 0 saturated heterocycles. The summed E-state index contributed by atoms with van der Waals surface area (Å²) in [6.45, 7) is 0.322. The molecule has 8 heteroatoms. The number of para-hydroxylation sites is 1. The number of nitrogens with zero attached hydrogens (tertiary/aromatic N) is 2. The summed E-state index contributed by atoms with van der Waals surface area (Å²) in [5.74, 6) is 0.333. The van der Waals surface area contributed by atoms with Crippen LogP contribution in [0.15, 0.2) is 48.7 Å². The van der Waals surface area contributed by atoms with E-state index in [-0.39, 0.29) is 11.7 Å². The molecule has 134 valence electrons. The fourth-order valence-electron chi connectivity index (χ4n) is 2.42. The molecule has 1 N–H and O–H groups in total. The molecule has 2 aromatic carbocycles. The van der Waals surface area contributed by atoms with E-state index in [1.54, 1.807) is 53.3 Å². The smallest absolute Gasteiger partial charge is 0.260 e. The monoisotopic (exact) mass is 409 g/mol. The summed E-state index contributed by atoms with van der Waals surface area (Å²) in [6, 6.07) is 12.2. The summed E-state index contributed by atoms with van der Waals surface area (Å²) in [6.07, 6.45) is 1.60. The molecule has 0 aliphatic rings. The van der Waals surface area contributed by atoms with Gasteiger partial charge in [0.1, 0.15) is 10.8 Å². The summed E-state index contributed by atoms with van der Waals surface area (Å²) in [4.78, 5) is 12.5. The van der Waals surface area contributed by atoms with Crippen molar-refractivity contribution in [3.8, 4) is 5.75 Å². The lowest BCUT2D eigenvalue weighted by Gasteiger charge is -2.08. The van der Waals surface area contributed by atoms with Gasteiger partial charge in [-0.1, -0.05) is 53.0 Å². The van der Waals surface area contributed by atoms with Crippen LogP contribution in [-0.4, -0.2) is 22.8 Å². The number of halogens is 3. The Labute approximate surface area is 165 Å². The van der Waals surface area contributed by atoms with Crippen molar-refractivity contribution in [2.24, 2.45) is 0 Å². The van der Waals surface area contributed by atoms with Crippen LogP contribution in [0.3, 0.4) is 0 Å². The lowest BCUT2D eigenvalue weighted by Crippen LogP contribution is -2.14. The van der Waals surface area contributed by atoms with E-state index in [9.17, 15) is 4.79 Å². The summed E-state index contributed by atoms with van der Waals surface area (Å²) in [5, 5.41) is 8.36. The van der Waals surface area contributed by atoms with Crippen molar-refractivity contribution in [2.45, 2.75) is 6.54 Å². The van der Waals surface area contributed by atoms with E-state index in [1.807, 2.05) is 0 Å². The molecule has 0 aliphatic carbocycles. The summed E-state index contributed by atoms with van der Waals surface area (Å²) in [7, 11) is 1.50. The first-order valence-electron chi connectivity index (χ1n) is 7.60. The van der Waals surface area contributed by atoms with Crippen molar-refractivity contribution in [3.63, 3.8) is 0 Å². The zero-order valence-corrected chi connectivity index (χ0v) is 15.9. The summed E-state index contributed by atoms with van der Waals surface area (Å²) in [5.41, 5.74) is 1.10. The van der Waals surface area contributed by atoms with E-state index in [0.717, 1.165) is 5.56 Å². The van der Waals surface area contributed by atoms with E-state index in [4.69, 9.17) is 39.5 Å². The van der Waals surface area contributed by atoms with Crippen LogP contribution in [-0.2, 0) is 6.54 Å². The highest BCUT2D eigenvalue weighted by Crippen LogP contribution is 2.27. The highest BCUT2D eigenvalue weighted by molar-refractivity contribution is 6.36. The summed E-state index contributed by atoms with van der Waals surface area (Å²) >= 11 is 18.6. The van der Waals surface area contributed by atoms with E-state index >= 15 is 0 Å². The molecular weight excluding hydrogens is 397 g/mol. The number of aromatic nitrogens is 2. The second kappa shape index (κ2) is 7.99. The second-order valence-electron chi connectivity index (χ2n) is 5.38. The van der Waals surface area contributed by atoms with Gasteiger partial charge in [-0.15, -0.1) is 0 Å². The largest absolute Gasteiger partial charge is 0.496 e. The number of carbonyl (C=O) groups is 1. The number of carbonyl (C=O) groups excluding carboxylic acids is 1. The third kappa shape index (κ3) is 3.96. The maximum absolute atomic E-state index is 12.5. The summed E-state index contributed by atoms with van der Waals surface area (Å²) < 4.78 is 6.76. The number of benzene rings is 2. The van der Waals surface area contributed by atoms with E-state index in [1.165, 1.54) is 7.11 Å². The Kier molecular flexibility index (Phi) is 5.71. The highest BCUT2D eigenvalue weighted by atomic mass is 35.5. The molecule has 0 spiro atoms. The van der Waals surface area contributed by atoms with Crippen molar-refractivity contribution < 1.29 is 9.53 Å². The van der Waals surface area contributed by atoms with Gasteiger partial charge >= 0.3 is 0 Å². The molecule has 1 heterocycles. The van der Waals surface area contributed by atoms with Crippen LogP contribution in [0.25, 0.3) is 0 Å². The Hall–Kier alpha value is -2.21. The number of nitrogens with one attached hydrogen (secondary N) is 1. The zero-order chi connectivity index (χ0) is 18.7. The van der Waals surface area contributed by atoms with Crippen molar-refractivity contribution in [3.05, 3.63) is 74.9 Å². The lowest BCUT2D eigenvalue weighted by atomic mass is 10.2. The molecule has 1 aromatic heterocycles. The predicted molar refractivity (Wildman–Crippen MR) is 104 cm³/mol. The minimum absolute atomic E-state index is 0.241. The van der Waals surface area contributed by atoms with Crippen LogP contribution in [0.2, 0.25) is 15.1 Å². The Balaban J connectivity index is 1.81. The number of hydrogen-bond donors (Lipinski definition) is 1. The van der Waals surface area contributed by atoms with Gasteiger partial charge in [0.05, 0.1) is 19.2 Å². The number of rotatable bonds is 5. The van der Waals surface area contributed by atoms with Crippen LogP contribution in [0.5, 0.6) is 5.75 Å². The maximum Gasteiger partial charge on any atom is 0.260 e. The van der Waals surface area contributed by atoms with E-state index in [0.29, 0.717) is 32.9 Å².